The predicted octanol–water partition coefficient (Wildman–Crippen LogP) is 4.79. The fourth-order valence-corrected chi connectivity index (χ4v) is 3.49. The van der Waals surface area contributed by atoms with E-state index in [1.165, 1.54) is 0 Å². The van der Waals surface area contributed by atoms with E-state index in [1.54, 1.807) is 0 Å². The van der Waals surface area contributed by atoms with Crippen molar-refractivity contribution in [2.75, 3.05) is 5.73 Å². The highest BCUT2D eigenvalue weighted by atomic mass is 79.9. The van der Waals surface area contributed by atoms with Crippen LogP contribution in [0.1, 0.15) is 0 Å². The lowest BCUT2D eigenvalue weighted by Gasteiger charge is -2.10. The third kappa shape index (κ3) is 2.16. The summed E-state index contributed by atoms with van der Waals surface area (Å²) >= 11 is 13.2. The van der Waals surface area contributed by atoms with Crippen molar-refractivity contribution in [1.82, 2.24) is 9.55 Å². The number of anilines is 1. The quantitative estimate of drug-likeness (QED) is 0.637. The molecule has 0 fully saturated rings. The van der Waals surface area contributed by atoms with Crippen molar-refractivity contribution in [3.63, 3.8) is 0 Å². The maximum absolute atomic E-state index is 6.27. The van der Waals surface area contributed by atoms with E-state index in [0.717, 1.165) is 25.7 Å². The van der Waals surface area contributed by atoms with Crippen molar-refractivity contribution < 1.29 is 0 Å². The molecular formula is C13H8Br2ClN3. The number of hydrogen-bond donors (Lipinski definition) is 1. The number of hydrogen-bond acceptors (Lipinski definition) is 2. The van der Waals surface area contributed by atoms with E-state index in [9.17, 15) is 0 Å². The Morgan fingerprint density at radius 2 is 1.95 bits per heavy atom. The molecule has 0 atom stereocenters. The zero-order chi connectivity index (χ0) is 13.6. The molecule has 0 amide bonds. The smallest absolute Gasteiger partial charge is 0.206 e. The summed E-state index contributed by atoms with van der Waals surface area (Å²) in [6.45, 7) is 0. The fourth-order valence-electron chi connectivity index (χ4n) is 2.01. The molecule has 96 valence electrons. The summed E-state index contributed by atoms with van der Waals surface area (Å²) in [5, 5.41) is 0.622. The molecule has 2 aromatic carbocycles. The van der Waals surface area contributed by atoms with Crippen LogP contribution in [-0.2, 0) is 0 Å². The summed E-state index contributed by atoms with van der Waals surface area (Å²) < 4.78 is 3.73. The number of para-hydroxylation sites is 1. The number of rotatable bonds is 1. The third-order valence-electron chi connectivity index (χ3n) is 2.80. The van der Waals surface area contributed by atoms with Crippen LogP contribution in [0.4, 0.5) is 5.95 Å². The van der Waals surface area contributed by atoms with Gasteiger partial charge >= 0.3 is 0 Å². The molecule has 2 N–H and O–H groups in total. The van der Waals surface area contributed by atoms with E-state index in [0.29, 0.717) is 11.0 Å². The molecule has 0 radical (unpaired) electrons. The monoisotopic (exact) mass is 399 g/mol. The van der Waals surface area contributed by atoms with Crippen molar-refractivity contribution in [1.29, 1.82) is 0 Å². The first kappa shape index (κ1) is 13.0. The number of halogens is 3. The summed E-state index contributed by atoms with van der Waals surface area (Å²) in [5.74, 6) is 0.408. The lowest BCUT2D eigenvalue weighted by Crippen LogP contribution is -2.01. The second-order valence-corrected chi connectivity index (χ2v) is 6.19. The van der Waals surface area contributed by atoms with Crippen LogP contribution in [0, 0.1) is 0 Å². The topological polar surface area (TPSA) is 43.8 Å². The third-order valence-corrected chi connectivity index (χ3v) is 4.24. The van der Waals surface area contributed by atoms with Crippen molar-refractivity contribution >= 4 is 60.4 Å². The Balaban J connectivity index is 2.39. The minimum atomic E-state index is 0.408. The summed E-state index contributed by atoms with van der Waals surface area (Å²) in [6.07, 6.45) is 0. The minimum Gasteiger partial charge on any atom is -0.369 e. The first-order valence-electron chi connectivity index (χ1n) is 5.46. The van der Waals surface area contributed by atoms with Gasteiger partial charge in [-0.3, -0.25) is 4.57 Å². The molecule has 0 unspecified atom stereocenters. The van der Waals surface area contributed by atoms with Gasteiger partial charge in [0, 0.05) is 8.95 Å². The van der Waals surface area contributed by atoms with Crippen LogP contribution < -0.4 is 5.73 Å². The molecule has 1 heterocycles. The Hall–Kier alpha value is -1.04. The van der Waals surface area contributed by atoms with Crippen LogP contribution in [0.2, 0.25) is 5.02 Å². The Bertz CT molecular complexity index is 783. The Morgan fingerprint density at radius 3 is 2.68 bits per heavy atom. The van der Waals surface area contributed by atoms with Gasteiger partial charge in [-0.2, -0.15) is 0 Å². The number of fused-ring (bicyclic) bond motifs is 1. The SMILES string of the molecule is Nc1nc2cccc(Cl)c2n1-c1ccc(Br)cc1Br. The van der Waals surface area contributed by atoms with Gasteiger partial charge in [0.25, 0.3) is 0 Å². The number of nitrogens with two attached hydrogens (primary N) is 1. The van der Waals surface area contributed by atoms with E-state index in [4.69, 9.17) is 17.3 Å². The predicted molar refractivity (Wildman–Crippen MR) is 85.9 cm³/mol. The maximum atomic E-state index is 6.27. The molecule has 0 aliphatic heterocycles. The van der Waals surface area contributed by atoms with Crippen molar-refractivity contribution in [2.24, 2.45) is 0 Å². The van der Waals surface area contributed by atoms with E-state index in [2.05, 4.69) is 36.8 Å². The standard InChI is InChI=1S/C13H8Br2ClN3/c14-7-4-5-11(8(15)6-7)19-12-9(16)2-1-3-10(12)18-13(19)17/h1-6H,(H2,17,18). The highest BCUT2D eigenvalue weighted by molar-refractivity contribution is 9.11. The Morgan fingerprint density at radius 1 is 1.16 bits per heavy atom. The average Bonchev–Trinajstić information content (AvgIpc) is 2.67. The average molecular weight is 401 g/mol. The van der Waals surface area contributed by atoms with Gasteiger partial charge in [0.1, 0.15) is 0 Å². The summed E-state index contributed by atoms with van der Waals surface area (Å²) in [5.41, 5.74) is 8.51. The molecule has 0 aliphatic rings. The van der Waals surface area contributed by atoms with Crippen LogP contribution in [0.5, 0.6) is 0 Å². The zero-order valence-electron chi connectivity index (χ0n) is 9.57. The highest BCUT2D eigenvalue weighted by Crippen LogP contribution is 2.33. The van der Waals surface area contributed by atoms with Crippen molar-refractivity contribution in [3.05, 3.63) is 50.4 Å². The van der Waals surface area contributed by atoms with E-state index < -0.39 is 0 Å². The molecule has 0 aliphatic carbocycles. The van der Waals surface area contributed by atoms with E-state index in [-0.39, 0.29) is 0 Å². The van der Waals surface area contributed by atoms with Gasteiger partial charge in [0.05, 0.1) is 21.7 Å². The van der Waals surface area contributed by atoms with Crippen molar-refractivity contribution in [3.8, 4) is 5.69 Å². The van der Waals surface area contributed by atoms with Crippen LogP contribution in [0.3, 0.4) is 0 Å². The number of nitrogen functional groups attached to an aromatic ring is 1. The van der Waals surface area contributed by atoms with Gasteiger partial charge in [-0.1, -0.05) is 33.6 Å². The lowest BCUT2D eigenvalue weighted by atomic mass is 10.3. The Kier molecular flexibility index (Phi) is 3.28. The van der Waals surface area contributed by atoms with E-state index in [1.807, 2.05) is 41.0 Å². The van der Waals surface area contributed by atoms with Gasteiger partial charge in [-0.15, -0.1) is 0 Å². The molecule has 1 aromatic heterocycles. The summed E-state index contributed by atoms with van der Waals surface area (Å²) in [7, 11) is 0. The number of aromatic nitrogens is 2. The van der Waals surface area contributed by atoms with Crippen molar-refractivity contribution in [2.45, 2.75) is 0 Å². The minimum absolute atomic E-state index is 0.408. The molecule has 3 aromatic rings. The molecular weight excluding hydrogens is 393 g/mol. The van der Waals surface area contributed by atoms with Crippen LogP contribution in [0.15, 0.2) is 45.3 Å². The molecule has 19 heavy (non-hydrogen) atoms. The first-order chi connectivity index (χ1) is 9.08. The molecule has 6 heteroatoms. The summed E-state index contributed by atoms with van der Waals surface area (Å²) in [4.78, 5) is 4.34. The largest absolute Gasteiger partial charge is 0.369 e. The first-order valence-corrected chi connectivity index (χ1v) is 7.42. The van der Waals surface area contributed by atoms with Crippen LogP contribution >= 0.6 is 43.5 Å². The second kappa shape index (κ2) is 4.81. The molecule has 0 saturated carbocycles. The van der Waals surface area contributed by atoms with Crippen LogP contribution in [0.25, 0.3) is 16.7 Å². The van der Waals surface area contributed by atoms with Gasteiger partial charge in [0.15, 0.2) is 0 Å². The zero-order valence-corrected chi connectivity index (χ0v) is 13.5. The molecule has 0 saturated heterocycles. The van der Waals surface area contributed by atoms with Gasteiger partial charge in [-0.25, -0.2) is 4.98 Å². The maximum Gasteiger partial charge on any atom is 0.206 e. The number of benzene rings is 2. The highest BCUT2D eigenvalue weighted by Gasteiger charge is 2.14. The molecule has 3 rings (SSSR count). The van der Waals surface area contributed by atoms with E-state index >= 15 is 0 Å². The Labute approximate surface area is 131 Å². The second-order valence-electron chi connectivity index (χ2n) is 4.01. The fraction of sp³-hybridized carbons (Fsp3) is 0. The molecule has 0 bridgehead atoms. The van der Waals surface area contributed by atoms with Gasteiger partial charge in [-0.05, 0) is 46.3 Å². The lowest BCUT2D eigenvalue weighted by molar-refractivity contribution is 1.10. The molecule has 3 nitrogen and oxygen atoms in total. The molecule has 0 spiro atoms. The summed E-state index contributed by atoms with van der Waals surface area (Å²) in [6, 6.07) is 11.4. The number of imidazole rings is 1. The number of nitrogens with zero attached hydrogens (tertiary/aromatic N) is 2. The van der Waals surface area contributed by atoms with Gasteiger partial charge < -0.3 is 5.73 Å². The van der Waals surface area contributed by atoms with Gasteiger partial charge in [0.2, 0.25) is 5.95 Å². The van der Waals surface area contributed by atoms with Crippen LogP contribution in [-0.4, -0.2) is 9.55 Å². The normalized spacial score (nSPS) is 11.1.